The van der Waals surface area contributed by atoms with Gasteiger partial charge in [-0.25, -0.2) is 0 Å². The molecule has 0 spiro atoms. The maximum Gasteiger partial charge on any atom is 0.223 e. The Labute approximate surface area is 97.6 Å². The topological polar surface area (TPSA) is 49.3 Å². The number of hydrogen-bond donors (Lipinski definition) is 2. The molecule has 0 atom stereocenters. The van der Waals surface area contributed by atoms with Gasteiger partial charge in [-0.05, 0) is 25.7 Å². The van der Waals surface area contributed by atoms with Crippen LogP contribution in [-0.4, -0.2) is 22.7 Å². The maximum absolute atomic E-state index is 11.8. The van der Waals surface area contributed by atoms with E-state index in [4.69, 9.17) is 0 Å². The molecule has 0 radical (unpaired) electrons. The molecule has 3 heteroatoms. The minimum absolute atomic E-state index is 0.0521. The third-order valence-electron chi connectivity index (χ3n) is 3.99. The van der Waals surface area contributed by atoms with Crippen LogP contribution in [0.3, 0.4) is 0 Å². The Morgan fingerprint density at radius 1 is 1.12 bits per heavy atom. The third kappa shape index (κ3) is 3.21. The van der Waals surface area contributed by atoms with Crippen LogP contribution < -0.4 is 5.32 Å². The zero-order chi connectivity index (χ0) is 11.4. The zero-order valence-corrected chi connectivity index (χ0v) is 10.0. The average molecular weight is 225 g/mol. The van der Waals surface area contributed by atoms with E-state index in [-0.39, 0.29) is 5.91 Å². The molecule has 2 N–H and O–H groups in total. The highest BCUT2D eigenvalue weighted by Gasteiger charge is 2.33. The molecule has 1 amide bonds. The number of rotatable bonds is 3. The molecule has 0 aliphatic heterocycles. The molecule has 0 bridgehead atoms. The molecule has 2 aliphatic carbocycles. The standard InChI is InChI=1S/C13H23NO2/c15-12(10-13(16)8-4-5-9-13)14-11-6-2-1-3-7-11/h11,16H,1-10H2,(H,14,15). The molecule has 0 heterocycles. The van der Waals surface area contributed by atoms with Crippen molar-refractivity contribution in [3.63, 3.8) is 0 Å². The first-order valence-corrected chi connectivity index (χ1v) is 6.70. The summed E-state index contributed by atoms with van der Waals surface area (Å²) in [5.41, 5.74) is -0.696. The first-order chi connectivity index (χ1) is 7.68. The second kappa shape index (κ2) is 5.17. The Kier molecular flexibility index (Phi) is 3.85. The van der Waals surface area contributed by atoms with Crippen molar-refractivity contribution in [1.82, 2.24) is 5.32 Å². The Balaban J connectivity index is 1.74. The molecule has 2 rings (SSSR count). The molecule has 0 aromatic heterocycles. The van der Waals surface area contributed by atoms with E-state index in [0.29, 0.717) is 12.5 Å². The normalized spacial score (nSPS) is 25.6. The van der Waals surface area contributed by atoms with Crippen LogP contribution in [0.4, 0.5) is 0 Å². The summed E-state index contributed by atoms with van der Waals surface area (Å²) in [6, 6.07) is 0.367. The smallest absolute Gasteiger partial charge is 0.223 e. The number of nitrogens with one attached hydrogen (secondary N) is 1. The predicted octanol–water partition coefficient (Wildman–Crippen LogP) is 2.13. The Morgan fingerprint density at radius 3 is 2.38 bits per heavy atom. The lowest BCUT2D eigenvalue weighted by Crippen LogP contribution is -2.40. The van der Waals surface area contributed by atoms with Gasteiger partial charge in [-0.15, -0.1) is 0 Å². The van der Waals surface area contributed by atoms with Gasteiger partial charge in [-0.3, -0.25) is 4.79 Å². The summed E-state index contributed by atoms with van der Waals surface area (Å²) in [4.78, 5) is 11.8. The Hall–Kier alpha value is -0.570. The predicted molar refractivity (Wildman–Crippen MR) is 63.1 cm³/mol. The quantitative estimate of drug-likeness (QED) is 0.773. The molecule has 2 saturated carbocycles. The van der Waals surface area contributed by atoms with E-state index in [1.165, 1.54) is 19.3 Å². The number of amides is 1. The van der Waals surface area contributed by atoms with Crippen molar-refractivity contribution in [2.45, 2.75) is 75.9 Å². The minimum Gasteiger partial charge on any atom is -0.389 e. The van der Waals surface area contributed by atoms with Crippen LogP contribution in [0, 0.1) is 0 Å². The number of carbonyl (C=O) groups excluding carboxylic acids is 1. The highest BCUT2D eigenvalue weighted by molar-refractivity contribution is 5.77. The van der Waals surface area contributed by atoms with E-state index in [9.17, 15) is 9.90 Å². The lowest BCUT2D eigenvalue weighted by molar-refractivity contribution is -0.126. The van der Waals surface area contributed by atoms with Gasteiger partial charge in [0.2, 0.25) is 5.91 Å². The zero-order valence-electron chi connectivity index (χ0n) is 10.0. The van der Waals surface area contributed by atoms with Gasteiger partial charge < -0.3 is 10.4 Å². The van der Waals surface area contributed by atoms with Crippen molar-refractivity contribution >= 4 is 5.91 Å². The first-order valence-electron chi connectivity index (χ1n) is 6.70. The highest BCUT2D eigenvalue weighted by Crippen LogP contribution is 2.32. The fourth-order valence-corrected chi connectivity index (χ4v) is 3.03. The molecule has 0 aromatic rings. The molecule has 2 aliphatic rings. The molecule has 0 saturated heterocycles. The first kappa shape index (κ1) is 11.9. The molecule has 0 aromatic carbocycles. The van der Waals surface area contributed by atoms with Gasteiger partial charge in [0.05, 0.1) is 12.0 Å². The molecular weight excluding hydrogens is 202 g/mol. The van der Waals surface area contributed by atoms with Crippen molar-refractivity contribution in [3.05, 3.63) is 0 Å². The summed E-state index contributed by atoms with van der Waals surface area (Å²) in [6.45, 7) is 0. The summed E-state index contributed by atoms with van der Waals surface area (Å²) in [5, 5.41) is 13.2. The van der Waals surface area contributed by atoms with Gasteiger partial charge in [-0.2, -0.15) is 0 Å². The molecule has 92 valence electrons. The fourth-order valence-electron chi connectivity index (χ4n) is 3.03. The summed E-state index contributed by atoms with van der Waals surface area (Å²) in [5.74, 6) is 0.0521. The summed E-state index contributed by atoms with van der Waals surface area (Å²) in [6.07, 6.45) is 10.0. The van der Waals surface area contributed by atoms with E-state index in [1.54, 1.807) is 0 Å². The molecular formula is C13H23NO2. The summed E-state index contributed by atoms with van der Waals surface area (Å²) in [7, 11) is 0. The van der Waals surface area contributed by atoms with Crippen LogP contribution in [-0.2, 0) is 4.79 Å². The van der Waals surface area contributed by atoms with Crippen LogP contribution in [0.5, 0.6) is 0 Å². The van der Waals surface area contributed by atoms with Crippen LogP contribution >= 0.6 is 0 Å². The average Bonchev–Trinajstić information content (AvgIpc) is 2.66. The van der Waals surface area contributed by atoms with Crippen molar-refractivity contribution in [1.29, 1.82) is 0 Å². The van der Waals surface area contributed by atoms with Crippen LogP contribution in [0.25, 0.3) is 0 Å². The lowest BCUT2D eigenvalue weighted by atomic mass is 9.94. The van der Waals surface area contributed by atoms with Gasteiger partial charge in [0.1, 0.15) is 0 Å². The van der Waals surface area contributed by atoms with Crippen molar-refractivity contribution in [3.8, 4) is 0 Å². The van der Waals surface area contributed by atoms with Crippen LogP contribution in [0.15, 0.2) is 0 Å². The molecule has 3 nitrogen and oxygen atoms in total. The van der Waals surface area contributed by atoms with Crippen LogP contribution in [0.2, 0.25) is 0 Å². The second-order valence-electron chi connectivity index (χ2n) is 5.51. The van der Waals surface area contributed by atoms with Gasteiger partial charge in [0.15, 0.2) is 0 Å². The Morgan fingerprint density at radius 2 is 1.75 bits per heavy atom. The molecule has 16 heavy (non-hydrogen) atoms. The van der Waals surface area contributed by atoms with E-state index in [1.807, 2.05) is 0 Å². The van der Waals surface area contributed by atoms with Crippen molar-refractivity contribution in [2.24, 2.45) is 0 Å². The Bertz CT molecular complexity index is 240. The second-order valence-corrected chi connectivity index (χ2v) is 5.51. The van der Waals surface area contributed by atoms with Crippen molar-refractivity contribution in [2.75, 3.05) is 0 Å². The maximum atomic E-state index is 11.8. The largest absolute Gasteiger partial charge is 0.389 e. The van der Waals surface area contributed by atoms with E-state index < -0.39 is 5.60 Å². The van der Waals surface area contributed by atoms with E-state index >= 15 is 0 Å². The minimum atomic E-state index is -0.696. The van der Waals surface area contributed by atoms with Crippen molar-refractivity contribution < 1.29 is 9.90 Å². The summed E-state index contributed by atoms with van der Waals surface area (Å²) < 4.78 is 0. The molecule has 2 fully saturated rings. The third-order valence-corrected chi connectivity index (χ3v) is 3.99. The summed E-state index contributed by atoms with van der Waals surface area (Å²) >= 11 is 0. The van der Waals surface area contributed by atoms with Gasteiger partial charge in [0, 0.05) is 6.04 Å². The number of aliphatic hydroxyl groups is 1. The van der Waals surface area contributed by atoms with Gasteiger partial charge >= 0.3 is 0 Å². The lowest BCUT2D eigenvalue weighted by Gasteiger charge is -2.26. The monoisotopic (exact) mass is 225 g/mol. The fraction of sp³-hybridized carbons (Fsp3) is 0.923. The van der Waals surface area contributed by atoms with Gasteiger partial charge in [0.25, 0.3) is 0 Å². The highest BCUT2D eigenvalue weighted by atomic mass is 16.3. The molecule has 0 unspecified atom stereocenters. The van der Waals surface area contributed by atoms with E-state index in [2.05, 4.69) is 5.32 Å². The van der Waals surface area contributed by atoms with E-state index in [0.717, 1.165) is 38.5 Å². The van der Waals surface area contributed by atoms with Gasteiger partial charge in [-0.1, -0.05) is 32.1 Å². The number of hydrogen-bond acceptors (Lipinski definition) is 2. The SMILES string of the molecule is O=C(CC1(O)CCCC1)NC1CCCCC1. The number of carbonyl (C=O) groups is 1. The van der Waals surface area contributed by atoms with Crippen LogP contribution in [0.1, 0.15) is 64.2 Å².